The molecule has 1 saturated heterocycles. The maximum atomic E-state index is 14.9. The number of nitrogens with zero attached hydrogens (tertiary/aromatic N) is 1. The first-order chi connectivity index (χ1) is 17.0. The summed E-state index contributed by atoms with van der Waals surface area (Å²) in [6.07, 6.45) is -0.533. The van der Waals surface area contributed by atoms with Gasteiger partial charge in [-0.05, 0) is 31.4 Å². The molecule has 10 heteroatoms. The van der Waals surface area contributed by atoms with Crippen molar-refractivity contribution in [2.45, 2.75) is 50.8 Å². The molecule has 1 fully saturated rings. The molecule has 2 aliphatic heterocycles. The van der Waals surface area contributed by atoms with Crippen LogP contribution in [0, 0.1) is 11.7 Å². The molecule has 2 heterocycles. The molecule has 196 valence electrons. The van der Waals surface area contributed by atoms with Crippen molar-refractivity contribution in [2.75, 3.05) is 25.7 Å². The van der Waals surface area contributed by atoms with E-state index >= 15 is 0 Å². The van der Waals surface area contributed by atoms with Gasteiger partial charge in [0.2, 0.25) is 0 Å². The van der Waals surface area contributed by atoms with Crippen LogP contribution in [0.5, 0.6) is 5.75 Å². The summed E-state index contributed by atoms with van der Waals surface area (Å²) in [6, 6.07) is 6.87. The van der Waals surface area contributed by atoms with Crippen LogP contribution in [-0.4, -0.2) is 40.4 Å². The molecule has 0 radical (unpaired) electrons. The van der Waals surface area contributed by atoms with Crippen molar-refractivity contribution in [3.05, 3.63) is 58.4 Å². The smallest absolute Gasteiger partial charge is 0.266 e. The van der Waals surface area contributed by atoms with Crippen molar-refractivity contribution in [3.8, 4) is 5.75 Å². The number of benzene rings is 2. The molecular weight excluding hydrogens is 493 g/mol. The molecule has 2 aromatic rings. The van der Waals surface area contributed by atoms with E-state index in [2.05, 4.69) is 10.3 Å². The summed E-state index contributed by atoms with van der Waals surface area (Å²) in [5.41, 5.74) is 0.905. The van der Waals surface area contributed by atoms with Gasteiger partial charge in [-0.3, -0.25) is 4.99 Å². The summed E-state index contributed by atoms with van der Waals surface area (Å²) in [4.78, 5) is 4.57. The van der Waals surface area contributed by atoms with E-state index in [1.807, 2.05) is 13.0 Å². The maximum Gasteiger partial charge on any atom is 0.266 e. The highest BCUT2D eigenvalue weighted by atomic mass is 32.2. The minimum absolute atomic E-state index is 0.00804. The molecule has 0 spiro atoms. The van der Waals surface area contributed by atoms with Gasteiger partial charge in [0.05, 0.1) is 35.5 Å². The van der Waals surface area contributed by atoms with Crippen molar-refractivity contribution in [3.63, 3.8) is 0 Å². The van der Waals surface area contributed by atoms with E-state index in [0.29, 0.717) is 24.3 Å². The van der Waals surface area contributed by atoms with Crippen LogP contribution >= 0.6 is 0 Å². The molecule has 0 saturated carbocycles. The van der Waals surface area contributed by atoms with E-state index in [9.17, 15) is 21.6 Å². The summed E-state index contributed by atoms with van der Waals surface area (Å²) >= 11 is 0. The number of hydrogen-bond acceptors (Lipinski definition) is 6. The van der Waals surface area contributed by atoms with Gasteiger partial charge < -0.3 is 14.8 Å². The van der Waals surface area contributed by atoms with Crippen LogP contribution in [0.1, 0.15) is 67.5 Å². The van der Waals surface area contributed by atoms with Crippen molar-refractivity contribution in [2.24, 2.45) is 10.9 Å². The summed E-state index contributed by atoms with van der Waals surface area (Å²) in [6.45, 7) is 3.70. The fourth-order valence-electron chi connectivity index (χ4n) is 5.16. The topological polar surface area (TPSA) is 77.0 Å². The quantitative estimate of drug-likeness (QED) is 0.513. The Labute approximate surface area is 209 Å². The van der Waals surface area contributed by atoms with Crippen LogP contribution in [-0.2, 0) is 20.2 Å². The van der Waals surface area contributed by atoms with E-state index in [1.54, 1.807) is 33.4 Å². The maximum absolute atomic E-state index is 14.9. The van der Waals surface area contributed by atoms with E-state index in [4.69, 9.17) is 9.47 Å². The molecule has 2 aromatic carbocycles. The third-order valence-corrected chi connectivity index (χ3v) is 9.02. The monoisotopic (exact) mass is 524 g/mol. The number of ether oxygens (including phenoxy) is 2. The minimum Gasteiger partial charge on any atom is -0.496 e. The average molecular weight is 525 g/mol. The van der Waals surface area contributed by atoms with Crippen LogP contribution in [0.3, 0.4) is 0 Å². The van der Waals surface area contributed by atoms with Crippen LogP contribution in [0.4, 0.5) is 18.9 Å². The first kappa shape index (κ1) is 26.6. The zero-order valence-electron chi connectivity index (χ0n) is 20.7. The summed E-state index contributed by atoms with van der Waals surface area (Å²) in [7, 11) is -0.0290. The Bertz CT molecular complexity index is 1250. The Kier molecular flexibility index (Phi) is 7.50. The SMILES string of the molecule is COc1cc2c(cc1C1(OC)CCS(=O)(=O)CC1)C(N[C@H](C)c1cccc(C(F)F)c1F)C(C)C=N2. The third kappa shape index (κ3) is 4.90. The van der Waals surface area contributed by atoms with E-state index in [1.165, 1.54) is 12.1 Å². The molecule has 3 atom stereocenters. The van der Waals surface area contributed by atoms with Crippen molar-refractivity contribution in [1.29, 1.82) is 0 Å². The Balaban J connectivity index is 1.74. The molecule has 36 heavy (non-hydrogen) atoms. The van der Waals surface area contributed by atoms with E-state index < -0.39 is 39.3 Å². The standard InChI is InChI=1S/C26H31F3N2O4S/c1-15-14-30-21-13-22(34-3)20(26(35-4)8-10-36(32,33)11-9-26)12-19(21)24(15)31-16(2)17-6-5-7-18(23(17)27)25(28)29/h5-7,12-16,24-25,31H,8-11H2,1-4H3/t15?,16-,24?/m1/s1. The summed E-state index contributed by atoms with van der Waals surface area (Å²) in [5.74, 6) is -0.443. The number of halogens is 3. The number of sulfone groups is 1. The van der Waals surface area contributed by atoms with Crippen LogP contribution in [0.25, 0.3) is 0 Å². The minimum atomic E-state index is -3.13. The number of hydrogen-bond donors (Lipinski definition) is 1. The van der Waals surface area contributed by atoms with Crippen molar-refractivity contribution >= 4 is 21.7 Å². The fraction of sp³-hybridized carbons (Fsp3) is 0.500. The van der Waals surface area contributed by atoms with Crippen molar-refractivity contribution < 1.29 is 31.1 Å². The lowest BCUT2D eigenvalue weighted by atomic mass is 9.82. The molecule has 0 amide bonds. The molecule has 2 unspecified atom stereocenters. The second-order valence-electron chi connectivity index (χ2n) is 9.52. The molecule has 0 aromatic heterocycles. The first-order valence-electron chi connectivity index (χ1n) is 11.9. The predicted molar refractivity (Wildman–Crippen MR) is 133 cm³/mol. The first-order valence-corrected chi connectivity index (χ1v) is 13.7. The fourth-order valence-corrected chi connectivity index (χ4v) is 6.65. The summed E-state index contributed by atoms with van der Waals surface area (Å²) < 4.78 is 77.2. The van der Waals surface area contributed by atoms with Gasteiger partial charge in [0.25, 0.3) is 6.43 Å². The van der Waals surface area contributed by atoms with Gasteiger partial charge in [-0.2, -0.15) is 0 Å². The van der Waals surface area contributed by atoms with E-state index in [0.717, 1.165) is 17.2 Å². The molecular formula is C26H31F3N2O4S. The molecule has 0 bridgehead atoms. The van der Waals surface area contributed by atoms with Gasteiger partial charge in [-0.15, -0.1) is 0 Å². The number of alkyl halides is 2. The largest absolute Gasteiger partial charge is 0.496 e. The Morgan fingerprint density at radius 3 is 2.42 bits per heavy atom. The predicted octanol–water partition coefficient (Wildman–Crippen LogP) is 5.57. The van der Waals surface area contributed by atoms with Crippen LogP contribution in [0.2, 0.25) is 0 Å². The number of aliphatic imine (C=N–C) groups is 1. The van der Waals surface area contributed by atoms with Gasteiger partial charge in [-0.1, -0.05) is 25.1 Å². The Morgan fingerprint density at radius 2 is 1.81 bits per heavy atom. The average Bonchev–Trinajstić information content (AvgIpc) is 2.85. The highest BCUT2D eigenvalue weighted by molar-refractivity contribution is 7.91. The van der Waals surface area contributed by atoms with Gasteiger partial charge in [0.15, 0.2) is 9.84 Å². The highest BCUT2D eigenvalue weighted by Gasteiger charge is 2.42. The lowest BCUT2D eigenvalue weighted by Gasteiger charge is -2.39. The van der Waals surface area contributed by atoms with Crippen molar-refractivity contribution in [1.82, 2.24) is 5.32 Å². The highest BCUT2D eigenvalue weighted by Crippen LogP contribution is 2.47. The Morgan fingerprint density at radius 1 is 1.14 bits per heavy atom. The number of rotatable bonds is 7. The second-order valence-corrected chi connectivity index (χ2v) is 11.8. The summed E-state index contributed by atoms with van der Waals surface area (Å²) in [5, 5.41) is 3.41. The Hall–Kier alpha value is -2.43. The molecule has 2 aliphatic rings. The van der Waals surface area contributed by atoms with Crippen LogP contribution in [0.15, 0.2) is 35.3 Å². The lowest BCUT2D eigenvalue weighted by molar-refractivity contribution is -0.0249. The zero-order valence-corrected chi connectivity index (χ0v) is 21.5. The van der Waals surface area contributed by atoms with Gasteiger partial charge in [0.1, 0.15) is 11.6 Å². The lowest BCUT2D eigenvalue weighted by Crippen LogP contribution is -2.39. The molecule has 4 rings (SSSR count). The normalized spacial score (nSPS) is 23.3. The van der Waals surface area contributed by atoms with Gasteiger partial charge in [-0.25, -0.2) is 21.6 Å². The third-order valence-electron chi connectivity index (χ3n) is 7.36. The van der Waals surface area contributed by atoms with E-state index in [-0.39, 0.29) is 29.0 Å². The number of methoxy groups -OCH3 is 2. The second kappa shape index (κ2) is 10.1. The number of nitrogens with one attached hydrogen (secondary N) is 1. The number of fused-ring (bicyclic) bond motifs is 1. The molecule has 0 aliphatic carbocycles. The zero-order chi connectivity index (χ0) is 26.3. The molecule has 1 N–H and O–H groups in total. The molecule has 6 nitrogen and oxygen atoms in total. The van der Waals surface area contributed by atoms with Gasteiger partial charge in [0, 0.05) is 48.5 Å². The van der Waals surface area contributed by atoms with Crippen LogP contribution < -0.4 is 10.1 Å². The van der Waals surface area contributed by atoms with Gasteiger partial charge >= 0.3 is 0 Å².